The molecule has 1 unspecified atom stereocenters. The molecule has 5 nitrogen and oxygen atoms in total. The molecule has 1 spiro atoms. The number of nitrogens with zero attached hydrogens (tertiary/aromatic N) is 3. The van der Waals surface area contributed by atoms with E-state index in [2.05, 4.69) is 40.6 Å². The van der Waals surface area contributed by atoms with Crippen LogP contribution in [0.3, 0.4) is 0 Å². The first-order chi connectivity index (χ1) is 11.7. The molecule has 2 fully saturated rings. The van der Waals surface area contributed by atoms with Crippen LogP contribution < -0.4 is 5.32 Å². The van der Waals surface area contributed by atoms with Gasteiger partial charge >= 0.3 is 0 Å². The summed E-state index contributed by atoms with van der Waals surface area (Å²) in [5, 5.41) is 7.60. The average Bonchev–Trinajstić information content (AvgIpc) is 3.20. The number of carbonyl (C=O) groups is 1. The number of amides is 1. The Bertz CT molecular complexity index is 753. The Balaban J connectivity index is 1.56. The van der Waals surface area contributed by atoms with Crippen molar-refractivity contribution in [3.8, 4) is 5.69 Å². The van der Waals surface area contributed by atoms with Crippen LogP contribution in [-0.4, -0.2) is 39.2 Å². The number of carbonyl (C=O) groups excluding carboxylic acids is 1. The molecule has 2 aliphatic rings. The van der Waals surface area contributed by atoms with Gasteiger partial charge in [-0.1, -0.05) is 18.2 Å². The van der Waals surface area contributed by atoms with Crippen molar-refractivity contribution in [2.75, 3.05) is 13.1 Å². The van der Waals surface area contributed by atoms with Crippen LogP contribution in [0.2, 0.25) is 0 Å². The molecular formula is C19H24N4O. The fourth-order valence-electron chi connectivity index (χ4n) is 4.18. The second-order valence-electron chi connectivity index (χ2n) is 7.00. The standard InChI is InChI=1S/C19H24N4O/c1-15-6-2-3-7-17(15)23-14-16(12-21-23)13-22-11-5-9-19(22)8-4-10-20-18(19)24/h2-3,6-7,12,14H,4-5,8-11,13H2,1H3,(H,20,24). The van der Waals surface area contributed by atoms with Gasteiger partial charge in [-0.15, -0.1) is 0 Å². The Hall–Kier alpha value is -2.14. The SMILES string of the molecule is Cc1ccccc1-n1cc(CN2CCCC23CCCNC3=O)cn1. The molecule has 1 amide bonds. The summed E-state index contributed by atoms with van der Waals surface area (Å²) < 4.78 is 1.94. The second kappa shape index (κ2) is 6.06. The molecule has 126 valence electrons. The van der Waals surface area contributed by atoms with Crippen molar-refractivity contribution in [1.29, 1.82) is 0 Å². The minimum absolute atomic E-state index is 0.220. The average molecular weight is 324 g/mol. The van der Waals surface area contributed by atoms with Gasteiger partial charge in [0.25, 0.3) is 0 Å². The number of hydrogen-bond acceptors (Lipinski definition) is 3. The van der Waals surface area contributed by atoms with Crippen LogP contribution in [0.4, 0.5) is 0 Å². The highest BCUT2D eigenvalue weighted by Crippen LogP contribution is 2.36. The molecule has 1 aromatic heterocycles. The normalized spacial score (nSPS) is 24.5. The highest BCUT2D eigenvalue weighted by molar-refractivity contribution is 5.87. The molecule has 2 saturated heterocycles. The fraction of sp³-hybridized carbons (Fsp3) is 0.474. The van der Waals surface area contributed by atoms with E-state index in [0.29, 0.717) is 0 Å². The Morgan fingerprint density at radius 1 is 1.25 bits per heavy atom. The summed E-state index contributed by atoms with van der Waals surface area (Å²) in [6, 6.07) is 8.25. The summed E-state index contributed by atoms with van der Waals surface area (Å²) in [6.07, 6.45) is 8.15. The Morgan fingerprint density at radius 3 is 2.92 bits per heavy atom. The number of aromatic nitrogens is 2. The fourth-order valence-corrected chi connectivity index (χ4v) is 4.18. The first-order valence-electron chi connectivity index (χ1n) is 8.82. The van der Waals surface area contributed by atoms with Gasteiger partial charge in [-0.2, -0.15) is 5.10 Å². The zero-order valence-corrected chi connectivity index (χ0v) is 14.2. The van der Waals surface area contributed by atoms with Crippen LogP contribution >= 0.6 is 0 Å². The van der Waals surface area contributed by atoms with Crippen molar-refractivity contribution < 1.29 is 4.79 Å². The Labute approximate surface area is 142 Å². The highest BCUT2D eigenvalue weighted by Gasteiger charge is 2.48. The molecule has 1 aromatic carbocycles. The maximum atomic E-state index is 12.5. The van der Waals surface area contributed by atoms with E-state index in [4.69, 9.17) is 0 Å². The molecule has 2 aliphatic heterocycles. The summed E-state index contributed by atoms with van der Waals surface area (Å²) >= 11 is 0. The minimum atomic E-state index is -0.289. The van der Waals surface area contributed by atoms with Gasteiger partial charge in [0.2, 0.25) is 5.91 Å². The van der Waals surface area contributed by atoms with Crippen molar-refractivity contribution in [2.45, 2.75) is 44.7 Å². The summed E-state index contributed by atoms with van der Waals surface area (Å²) in [4.78, 5) is 14.9. The first kappa shape index (κ1) is 15.4. The van der Waals surface area contributed by atoms with Crippen LogP contribution in [0.15, 0.2) is 36.7 Å². The molecule has 1 atom stereocenters. The summed E-state index contributed by atoms with van der Waals surface area (Å²) in [5.41, 5.74) is 3.19. The van der Waals surface area contributed by atoms with E-state index >= 15 is 0 Å². The molecule has 0 saturated carbocycles. The number of para-hydroxylation sites is 1. The lowest BCUT2D eigenvalue weighted by molar-refractivity contribution is -0.134. The van der Waals surface area contributed by atoms with E-state index in [1.54, 1.807) is 0 Å². The van der Waals surface area contributed by atoms with Gasteiger partial charge in [0, 0.05) is 24.8 Å². The van der Waals surface area contributed by atoms with Gasteiger partial charge in [0.05, 0.1) is 11.9 Å². The van der Waals surface area contributed by atoms with E-state index in [9.17, 15) is 4.79 Å². The van der Waals surface area contributed by atoms with Crippen LogP contribution in [0, 0.1) is 6.92 Å². The van der Waals surface area contributed by atoms with Crippen LogP contribution in [0.5, 0.6) is 0 Å². The molecule has 1 N–H and O–H groups in total. The molecule has 3 heterocycles. The number of aryl methyl sites for hydroxylation is 1. The maximum Gasteiger partial charge on any atom is 0.240 e. The van der Waals surface area contributed by atoms with Gasteiger partial charge in [0.1, 0.15) is 5.54 Å². The molecular weight excluding hydrogens is 300 g/mol. The number of rotatable bonds is 3. The van der Waals surface area contributed by atoms with Gasteiger partial charge < -0.3 is 5.32 Å². The van der Waals surface area contributed by atoms with Crippen molar-refractivity contribution in [1.82, 2.24) is 20.0 Å². The predicted molar refractivity (Wildman–Crippen MR) is 92.9 cm³/mol. The lowest BCUT2D eigenvalue weighted by atomic mass is 9.86. The van der Waals surface area contributed by atoms with Crippen LogP contribution in [-0.2, 0) is 11.3 Å². The highest BCUT2D eigenvalue weighted by atomic mass is 16.2. The van der Waals surface area contributed by atoms with Gasteiger partial charge in [-0.05, 0) is 50.8 Å². The van der Waals surface area contributed by atoms with Crippen molar-refractivity contribution in [3.05, 3.63) is 47.8 Å². The van der Waals surface area contributed by atoms with Crippen molar-refractivity contribution >= 4 is 5.91 Å². The topological polar surface area (TPSA) is 50.2 Å². The van der Waals surface area contributed by atoms with E-state index in [-0.39, 0.29) is 11.4 Å². The lowest BCUT2D eigenvalue weighted by Gasteiger charge is -2.40. The third-order valence-corrected chi connectivity index (χ3v) is 5.47. The molecule has 5 heteroatoms. The number of nitrogens with one attached hydrogen (secondary N) is 1. The minimum Gasteiger partial charge on any atom is -0.354 e. The monoisotopic (exact) mass is 324 g/mol. The maximum absolute atomic E-state index is 12.5. The quantitative estimate of drug-likeness (QED) is 0.943. The second-order valence-corrected chi connectivity index (χ2v) is 7.00. The number of benzene rings is 1. The summed E-state index contributed by atoms with van der Waals surface area (Å²) in [7, 11) is 0. The zero-order chi connectivity index (χ0) is 16.6. The molecule has 4 rings (SSSR count). The zero-order valence-electron chi connectivity index (χ0n) is 14.2. The van der Waals surface area contributed by atoms with Gasteiger partial charge in [-0.3, -0.25) is 9.69 Å². The summed E-state index contributed by atoms with van der Waals surface area (Å²) in [6.45, 7) is 4.69. The molecule has 2 aromatic rings. The van der Waals surface area contributed by atoms with Crippen LogP contribution in [0.25, 0.3) is 5.69 Å². The molecule has 0 radical (unpaired) electrons. The third kappa shape index (κ3) is 2.53. The van der Waals surface area contributed by atoms with Crippen LogP contribution in [0.1, 0.15) is 36.8 Å². The molecule has 0 bridgehead atoms. The largest absolute Gasteiger partial charge is 0.354 e. The summed E-state index contributed by atoms with van der Waals surface area (Å²) in [5.74, 6) is 0.220. The molecule has 24 heavy (non-hydrogen) atoms. The van der Waals surface area contributed by atoms with Gasteiger partial charge in [0.15, 0.2) is 0 Å². The van der Waals surface area contributed by atoms with E-state index in [0.717, 1.165) is 56.6 Å². The molecule has 0 aliphatic carbocycles. The van der Waals surface area contributed by atoms with Crippen molar-refractivity contribution in [3.63, 3.8) is 0 Å². The van der Waals surface area contributed by atoms with E-state index in [1.807, 2.05) is 23.0 Å². The first-order valence-corrected chi connectivity index (χ1v) is 8.82. The third-order valence-electron chi connectivity index (χ3n) is 5.47. The number of likely N-dealkylation sites (tertiary alicyclic amines) is 1. The van der Waals surface area contributed by atoms with E-state index in [1.165, 1.54) is 5.56 Å². The van der Waals surface area contributed by atoms with Crippen molar-refractivity contribution in [2.24, 2.45) is 0 Å². The predicted octanol–water partition coefficient (Wildman–Crippen LogP) is 2.43. The number of piperidine rings is 1. The Kier molecular flexibility index (Phi) is 3.88. The Morgan fingerprint density at radius 2 is 2.08 bits per heavy atom. The lowest BCUT2D eigenvalue weighted by Crippen LogP contribution is -2.58. The van der Waals surface area contributed by atoms with E-state index < -0.39 is 0 Å². The smallest absolute Gasteiger partial charge is 0.240 e. The number of hydrogen-bond donors (Lipinski definition) is 1. The van der Waals surface area contributed by atoms with Gasteiger partial charge in [-0.25, -0.2) is 4.68 Å².